The van der Waals surface area contributed by atoms with Crippen LogP contribution >= 0.6 is 11.3 Å². The van der Waals surface area contributed by atoms with Crippen molar-refractivity contribution in [2.75, 3.05) is 11.9 Å². The molecule has 1 aliphatic rings. The van der Waals surface area contributed by atoms with Crippen LogP contribution in [0.2, 0.25) is 0 Å². The van der Waals surface area contributed by atoms with Crippen LogP contribution in [0, 0.1) is 13.8 Å². The third-order valence-corrected chi connectivity index (χ3v) is 4.16. The number of rotatable bonds is 3. The van der Waals surface area contributed by atoms with Gasteiger partial charge in [-0.2, -0.15) is 0 Å². The van der Waals surface area contributed by atoms with Gasteiger partial charge in [0.1, 0.15) is 0 Å². The van der Waals surface area contributed by atoms with Crippen molar-refractivity contribution in [3.63, 3.8) is 0 Å². The molecule has 0 saturated heterocycles. The first-order valence-corrected chi connectivity index (χ1v) is 6.31. The monoisotopic (exact) mass is 226 g/mol. The lowest BCUT2D eigenvalue weighted by Crippen LogP contribution is -2.33. The topological polar surface area (TPSA) is 45.2 Å². The highest BCUT2D eigenvalue weighted by Crippen LogP contribution is 2.30. The number of aliphatic hydroxyl groups is 1. The molecule has 1 fully saturated rings. The van der Waals surface area contributed by atoms with Gasteiger partial charge in [-0.3, -0.25) is 0 Å². The summed E-state index contributed by atoms with van der Waals surface area (Å²) in [5.74, 6) is 0. The maximum atomic E-state index is 10.1. The molecule has 0 radical (unpaired) electrons. The summed E-state index contributed by atoms with van der Waals surface area (Å²) in [6.45, 7) is 4.73. The van der Waals surface area contributed by atoms with Gasteiger partial charge in [0.05, 0.1) is 11.3 Å². The van der Waals surface area contributed by atoms with Crippen LogP contribution in [0.5, 0.6) is 0 Å². The minimum Gasteiger partial charge on any atom is -0.388 e. The number of aromatic nitrogens is 1. The van der Waals surface area contributed by atoms with Crippen molar-refractivity contribution in [3.8, 4) is 0 Å². The van der Waals surface area contributed by atoms with Crippen molar-refractivity contribution in [2.45, 2.75) is 45.1 Å². The number of nitrogens with zero attached hydrogens (tertiary/aromatic N) is 1. The lowest BCUT2D eigenvalue weighted by molar-refractivity contribution is 0.0614. The maximum absolute atomic E-state index is 10.1. The average molecular weight is 226 g/mol. The molecule has 0 spiro atoms. The number of thiazole rings is 1. The first-order chi connectivity index (χ1) is 7.09. The van der Waals surface area contributed by atoms with Gasteiger partial charge in [-0.15, -0.1) is 11.3 Å². The van der Waals surface area contributed by atoms with Crippen LogP contribution in [-0.4, -0.2) is 22.2 Å². The molecule has 4 heteroatoms. The van der Waals surface area contributed by atoms with Crippen molar-refractivity contribution in [1.29, 1.82) is 0 Å². The van der Waals surface area contributed by atoms with E-state index < -0.39 is 5.60 Å². The molecule has 1 aliphatic carbocycles. The Balaban J connectivity index is 1.92. The Morgan fingerprint density at radius 1 is 1.40 bits per heavy atom. The summed E-state index contributed by atoms with van der Waals surface area (Å²) in [7, 11) is 0. The Morgan fingerprint density at radius 2 is 2.07 bits per heavy atom. The van der Waals surface area contributed by atoms with Gasteiger partial charge in [-0.1, -0.05) is 12.8 Å². The minimum absolute atomic E-state index is 0.493. The molecule has 3 nitrogen and oxygen atoms in total. The maximum Gasteiger partial charge on any atom is 0.183 e. The number of hydrogen-bond donors (Lipinski definition) is 2. The fraction of sp³-hybridized carbons (Fsp3) is 0.727. The van der Waals surface area contributed by atoms with Gasteiger partial charge in [0.15, 0.2) is 5.13 Å². The number of anilines is 1. The van der Waals surface area contributed by atoms with Gasteiger partial charge >= 0.3 is 0 Å². The van der Waals surface area contributed by atoms with E-state index in [0.717, 1.165) is 36.5 Å². The minimum atomic E-state index is -0.493. The Bertz CT molecular complexity index is 323. The predicted molar refractivity (Wildman–Crippen MR) is 63.5 cm³/mol. The van der Waals surface area contributed by atoms with Crippen LogP contribution < -0.4 is 5.32 Å². The van der Waals surface area contributed by atoms with E-state index in [9.17, 15) is 5.11 Å². The van der Waals surface area contributed by atoms with Gasteiger partial charge in [0.25, 0.3) is 0 Å². The Hall–Kier alpha value is -0.610. The summed E-state index contributed by atoms with van der Waals surface area (Å²) < 4.78 is 0. The highest BCUT2D eigenvalue weighted by Gasteiger charge is 2.30. The largest absolute Gasteiger partial charge is 0.388 e. The third kappa shape index (κ3) is 2.49. The van der Waals surface area contributed by atoms with E-state index in [2.05, 4.69) is 17.2 Å². The van der Waals surface area contributed by atoms with Gasteiger partial charge < -0.3 is 10.4 Å². The third-order valence-electron chi connectivity index (χ3n) is 3.13. The Morgan fingerprint density at radius 3 is 2.60 bits per heavy atom. The second-order valence-corrected chi connectivity index (χ2v) is 5.65. The van der Waals surface area contributed by atoms with Gasteiger partial charge in [-0.25, -0.2) is 4.98 Å². The smallest absolute Gasteiger partial charge is 0.183 e. The average Bonchev–Trinajstić information content (AvgIpc) is 2.73. The molecule has 2 N–H and O–H groups in total. The van der Waals surface area contributed by atoms with Crippen LogP contribution in [0.15, 0.2) is 0 Å². The molecule has 84 valence electrons. The summed E-state index contributed by atoms with van der Waals surface area (Å²) in [5.41, 5.74) is 0.592. The van der Waals surface area contributed by atoms with Gasteiger partial charge in [0.2, 0.25) is 0 Å². The zero-order valence-electron chi connectivity index (χ0n) is 9.34. The number of hydrogen-bond acceptors (Lipinski definition) is 4. The quantitative estimate of drug-likeness (QED) is 0.832. The second-order valence-electron chi connectivity index (χ2n) is 4.45. The molecule has 0 bridgehead atoms. The zero-order chi connectivity index (χ0) is 10.9. The van der Waals surface area contributed by atoms with E-state index in [1.807, 2.05) is 6.92 Å². The molecule has 1 aromatic rings. The summed E-state index contributed by atoms with van der Waals surface area (Å²) in [6, 6.07) is 0. The van der Waals surface area contributed by atoms with Gasteiger partial charge in [-0.05, 0) is 26.7 Å². The van der Waals surface area contributed by atoms with Crippen molar-refractivity contribution in [1.82, 2.24) is 4.98 Å². The molecule has 2 rings (SSSR count). The van der Waals surface area contributed by atoms with E-state index in [1.54, 1.807) is 11.3 Å². The summed E-state index contributed by atoms with van der Waals surface area (Å²) in [4.78, 5) is 5.64. The molecule has 1 saturated carbocycles. The molecule has 0 amide bonds. The van der Waals surface area contributed by atoms with E-state index in [0.29, 0.717) is 6.54 Å². The van der Waals surface area contributed by atoms with E-state index in [-0.39, 0.29) is 0 Å². The number of nitrogens with one attached hydrogen (secondary N) is 1. The predicted octanol–water partition coefficient (Wildman–Crippen LogP) is 2.48. The Kier molecular flexibility index (Phi) is 2.98. The molecule has 0 atom stereocenters. The lowest BCUT2D eigenvalue weighted by Gasteiger charge is -2.21. The van der Waals surface area contributed by atoms with Crippen molar-refractivity contribution >= 4 is 16.5 Å². The first-order valence-electron chi connectivity index (χ1n) is 5.49. The van der Waals surface area contributed by atoms with Crippen LogP contribution in [0.25, 0.3) is 0 Å². The lowest BCUT2D eigenvalue weighted by atomic mass is 10.0. The fourth-order valence-corrected chi connectivity index (χ4v) is 2.81. The highest BCUT2D eigenvalue weighted by molar-refractivity contribution is 7.15. The summed E-state index contributed by atoms with van der Waals surface area (Å²) in [6.07, 6.45) is 4.13. The molecule has 0 unspecified atom stereocenters. The van der Waals surface area contributed by atoms with Crippen molar-refractivity contribution in [3.05, 3.63) is 10.6 Å². The zero-order valence-corrected chi connectivity index (χ0v) is 10.2. The van der Waals surface area contributed by atoms with Crippen molar-refractivity contribution in [2.24, 2.45) is 0 Å². The molecule has 0 aromatic carbocycles. The van der Waals surface area contributed by atoms with E-state index >= 15 is 0 Å². The molecule has 15 heavy (non-hydrogen) atoms. The first kappa shape index (κ1) is 10.9. The van der Waals surface area contributed by atoms with Crippen LogP contribution in [0.4, 0.5) is 5.13 Å². The van der Waals surface area contributed by atoms with Gasteiger partial charge in [0, 0.05) is 11.4 Å². The second kappa shape index (κ2) is 4.10. The molecule has 1 aromatic heterocycles. The van der Waals surface area contributed by atoms with E-state index in [4.69, 9.17) is 0 Å². The van der Waals surface area contributed by atoms with Crippen LogP contribution in [0.3, 0.4) is 0 Å². The normalized spacial score (nSPS) is 19.4. The standard InChI is InChI=1S/C11H18N2OS/c1-8-9(2)15-10(13-8)12-7-11(14)5-3-4-6-11/h14H,3-7H2,1-2H3,(H,12,13). The summed E-state index contributed by atoms with van der Waals surface area (Å²) in [5, 5.41) is 14.3. The van der Waals surface area contributed by atoms with Crippen LogP contribution in [-0.2, 0) is 0 Å². The van der Waals surface area contributed by atoms with Crippen LogP contribution in [0.1, 0.15) is 36.3 Å². The highest BCUT2D eigenvalue weighted by atomic mass is 32.1. The number of aryl methyl sites for hydroxylation is 2. The Labute approximate surface area is 94.5 Å². The van der Waals surface area contributed by atoms with E-state index in [1.165, 1.54) is 4.88 Å². The van der Waals surface area contributed by atoms with Crippen molar-refractivity contribution < 1.29 is 5.11 Å². The fourth-order valence-electron chi connectivity index (χ4n) is 2.00. The summed E-state index contributed by atoms with van der Waals surface area (Å²) >= 11 is 1.66. The molecule has 1 heterocycles. The molecular weight excluding hydrogens is 208 g/mol. The molecule has 0 aliphatic heterocycles. The molecular formula is C11H18N2OS. The SMILES string of the molecule is Cc1nc(NCC2(O)CCCC2)sc1C.